The second-order valence-corrected chi connectivity index (χ2v) is 4.84. The molecule has 0 saturated heterocycles. The fourth-order valence-electron chi connectivity index (χ4n) is 1.50. The van der Waals surface area contributed by atoms with Crippen LogP contribution >= 0.6 is 11.3 Å². The zero-order valence-corrected chi connectivity index (χ0v) is 11.3. The lowest BCUT2D eigenvalue weighted by molar-refractivity contribution is 0.0690. The van der Waals surface area contributed by atoms with Gasteiger partial charge < -0.3 is 10.4 Å². The van der Waals surface area contributed by atoms with Gasteiger partial charge in [0, 0.05) is 24.5 Å². The molecule has 0 radical (unpaired) electrons. The summed E-state index contributed by atoms with van der Waals surface area (Å²) >= 11 is 1.14. The Morgan fingerprint density at radius 3 is 2.81 bits per heavy atom. The minimum Gasteiger partial charge on any atom is -0.476 e. The first kappa shape index (κ1) is 15.0. The molecule has 110 valence electrons. The van der Waals surface area contributed by atoms with Crippen LogP contribution in [0.2, 0.25) is 0 Å². The summed E-state index contributed by atoms with van der Waals surface area (Å²) in [6, 6.07) is 1.07. The molecule has 6 nitrogen and oxygen atoms in total. The number of rotatable bonds is 5. The van der Waals surface area contributed by atoms with Gasteiger partial charge in [0.25, 0.3) is 5.91 Å². The summed E-state index contributed by atoms with van der Waals surface area (Å²) in [6.45, 7) is 0.120. The van der Waals surface area contributed by atoms with E-state index in [1.165, 1.54) is 5.38 Å². The van der Waals surface area contributed by atoms with E-state index in [1.54, 1.807) is 0 Å². The van der Waals surface area contributed by atoms with E-state index in [2.05, 4.69) is 15.3 Å². The number of carboxylic acid groups (broad SMARTS) is 1. The van der Waals surface area contributed by atoms with Crippen LogP contribution in [0.1, 0.15) is 25.9 Å². The Morgan fingerprint density at radius 1 is 1.38 bits per heavy atom. The van der Waals surface area contributed by atoms with Gasteiger partial charge in [-0.15, -0.1) is 11.3 Å². The molecule has 21 heavy (non-hydrogen) atoms. The summed E-state index contributed by atoms with van der Waals surface area (Å²) in [4.78, 5) is 29.2. The summed E-state index contributed by atoms with van der Waals surface area (Å²) in [5.74, 6) is -4.55. The molecule has 0 aliphatic carbocycles. The molecule has 0 atom stereocenters. The van der Waals surface area contributed by atoms with Crippen molar-refractivity contribution in [2.45, 2.75) is 6.42 Å². The van der Waals surface area contributed by atoms with E-state index in [0.717, 1.165) is 23.6 Å². The number of halogens is 2. The highest BCUT2D eigenvalue weighted by Crippen LogP contribution is 2.11. The summed E-state index contributed by atoms with van der Waals surface area (Å²) in [7, 11) is 0. The average Bonchev–Trinajstić information content (AvgIpc) is 2.91. The van der Waals surface area contributed by atoms with E-state index in [9.17, 15) is 18.4 Å². The normalized spacial score (nSPS) is 10.4. The highest BCUT2D eigenvalue weighted by molar-refractivity contribution is 7.09. The van der Waals surface area contributed by atoms with Crippen molar-refractivity contribution in [2.24, 2.45) is 0 Å². The Labute approximate surface area is 121 Å². The molecular formula is C12H9F2N3O3S. The van der Waals surface area contributed by atoms with Gasteiger partial charge in [0.05, 0.1) is 10.6 Å². The van der Waals surface area contributed by atoms with E-state index in [4.69, 9.17) is 5.11 Å². The van der Waals surface area contributed by atoms with E-state index >= 15 is 0 Å². The smallest absolute Gasteiger partial charge is 0.355 e. The highest BCUT2D eigenvalue weighted by Gasteiger charge is 2.16. The van der Waals surface area contributed by atoms with Crippen LogP contribution < -0.4 is 5.32 Å². The molecule has 0 bridgehead atoms. The third-order valence-corrected chi connectivity index (χ3v) is 3.40. The molecule has 2 N–H and O–H groups in total. The number of hydrogen-bond donors (Lipinski definition) is 2. The van der Waals surface area contributed by atoms with Crippen molar-refractivity contribution in [2.75, 3.05) is 6.54 Å². The number of aromatic nitrogens is 2. The maximum Gasteiger partial charge on any atom is 0.355 e. The molecule has 0 aromatic carbocycles. The molecule has 0 aliphatic rings. The lowest BCUT2D eigenvalue weighted by Gasteiger charge is -2.04. The van der Waals surface area contributed by atoms with Gasteiger partial charge in [-0.1, -0.05) is 0 Å². The van der Waals surface area contributed by atoms with E-state index in [0.29, 0.717) is 11.4 Å². The van der Waals surface area contributed by atoms with Gasteiger partial charge in [-0.25, -0.2) is 19.2 Å². The van der Waals surface area contributed by atoms with Gasteiger partial charge >= 0.3 is 5.97 Å². The summed E-state index contributed by atoms with van der Waals surface area (Å²) in [6.07, 6.45) is 1.28. The van der Waals surface area contributed by atoms with Crippen LogP contribution in [-0.4, -0.2) is 33.5 Å². The molecule has 0 aliphatic heterocycles. The lowest BCUT2D eigenvalue weighted by atomic mass is 10.2. The molecule has 1 amide bonds. The van der Waals surface area contributed by atoms with E-state index < -0.39 is 29.2 Å². The lowest BCUT2D eigenvalue weighted by Crippen LogP contribution is -2.27. The van der Waals surface area contributed by atoms with Crippen molar-refractivity contribution in [3.05, 3.63) is 45.7 Å². The van der Waals surface area contributed by atoms with Crippen LogP contribution in [0, 0.1) is 11.8 Å². The minimum atomic E-state index is -1.34. The molecule has 0 fully saturated rings. The van der Waals surface area contributed by atoms with Gasteiger partial charge in [-0.2, -0.15) is 4.39 Å². The van der Waals surface area contributed by atoms with Crippen LogP contribution in [0.5, 0.6) is 0 Å². The average molecular weight is 313 g/mol. The van der Waals surface area contributed by atoms with Gasteiger partial charge in [-0.3, -0.25) is 4.79 Å². The maximum atomic E-state index is 13.3. The van der Waals surface area contributed by atoms with Crippen LogP contribution in [0.3, 0.4) is 0 Å². The third kappa shape index (κ3) is 3.57. The van der Waals surface area contributed by atoms with Gasteiger partial charge in [0.15, 0.2) is 11.5 Å². The molecule has 2 aromatic heterocycles. The summed E-state index contributed by atoms with van der Waals surface area (Å²) in [5.41, 5.74) is -0.503. The van der Waals surface area contributed by atoms with Crippen LogP contribution in [-0.2, 0) is 6.42 Å². The highest BCUT2D eigenvalue weighted by atomic mass is 32.1. The number of carboxylic acids is 1. The topological polar surface area (TPSA) is 92.2 Å². The first-order valence-electron chi connectivity index (χ1n) is 5.75. The van der Waals surface area contributed by atoms with E-state index in [-0.39, 0.29) is 12.2 Å². The number of nitrogens with one attached hydrogen (secondary N) is 1. The SMILES string of the molecule is O=C(O)c1csc(CCNC(=O)c2ccnc(F)c2F)n1. The summed E-state index contributed by atoms with van der Waals surface area (Å²) in [5, 5.41) is 13.0. The van der Waals surface area contributed by atoms with Crippen molar-refractivity contribution in [3.63, 3.8) is 0 Å². The van der Waals surface area contributed by atoms with Crippen molar-refractivity contribution in [3.8, 4) is 0 Å². The number of carbonyl (C=O) groups excluding carboxylic acids is 1. The van der Waals surface area contributed by atoms with Gasteiger partial charge in [-0.05, 0) is 6.07 Å². The molecule has 0 saturated carbocycles. The van der Waals surface area contributed by atoms with Crippen molar-refractivity contribution < 1.29 is 23.5 Å². The van der Waals surface area contributed by atoms with Gasteiger partial charge in [0.2, 0.25) is 5.95 Å². The predicted octanol–water partition coefficient (Wildman–Crippen LogP) is 1.49. The largest absolute Gasteiger partial charge is 0.476 e. The number of nitrogens with zero attached hydrogens (tertiary/aromatic N) is 2. The number of hydrogen-bond acceptors (Lipinski definition) is 5. The molecule has 0 unspecified atom stereocenters. The van der Waals surface area contributed by atoms with Crippen LogP contribution in [0.25, 0.3) is 0 Å². The number of carbonyl (C=O) groups is 2. The fraction of sp³-hybridized carbons (Fsp3) is 0.167. The summed E-state index contributed by atoms with van der Waals surface area (Å²) < 4.78 is 26.2. The molecule has 2 heterocycles. The van der Waals surface area contributed by atoms with Crippen molar-refractivity contribution >= 4 is 23.2 Å². The van der Waals surface area contributed by atoms with Crippen LogP contribution in [0.15, 0.2) is 17.6 Å². The van der Waals surface area contributed by atoms with E-state index in [1.807, 2.05) is 0 Å². The Morgan fingerprint density at radius 2 is 2.14 bits per heavy atom. The zero-order chi connectivity index (χ0) is 15.4. The Balaban J connectivity index is 1.92. The second-order valence-electron chi connectivity index (χ2n) is 3.90. The molecule has 2 rings (SSSR count). The number of pyridine rings is 1. The van der Waals surface area contributed by atoms with Crippen molar-refractivity contribution in [1.29, 1.82) is 0 Å². The maximum absolute atomic E-state index is 13.3. The Hall–Kier alpha value is -2.42. The van der Waals surface area contributed by atoms with Crippen molar-refractivity contribution in [1.82, 2.24) is 15.3 Å². The number of amides is 1. The molecular weight excluding hydrogens is 304 g/mol. The first-order chi connectivity index (χ1) is 9.99. The monoisotopic (exact) mass is 313 g/mol. The second kappa shape index (κ2) is 6.35. The zero-order valence-electron chi connectivity index (χ0n) is 10.5. The quantitative estimate of drug-likeness (QED) is 0.816. The molecule has 9 heteroatoms. The predicted molar refractivity (Wildman–Crippen MR) is 69.3 cm³/mol. The molecule has 2 aromatic rings. The standard InChI is InChI=1S/C12H9F2N3O3S/c13-9-6(1-3-15-10(9)14)11(18)16-4-2-8-17-7(5-21-8)12(19)20/h1,3,5H,2,4H2,(H,16,18)(H,19,20). The van der Waals surface area contributed by atoms with Gasteiger partial charge in [0.1, 0.15) is 0 Å². The third-order valence-electron chi connectivity index (χ3n) is 2.49. The minimum absolute atomic E-state index is 0.0661. The first-order valence-corrected chi connectivity index (χ1v) is 6.63. The fourth-order valence-corrected chi connectivity index (χ4v) is 2.27. The van der Waals surface area contributed by atoms with Crippen LogP contribution in [0.4, 0.5) is 8.78 Å². The molecule has 0 spiro atoms. The Bertz CT molecular complexity index is 690. The number of thiazole rings is 1. The number of aromatic carboxylic acids is 1. The Kier molecular flexibility index (Phi) is 4.53.